The van der Waals surface area contributed by atoms with E-state index in [1.807, 2.05) is 0 Å². The van der Waals surface area contributed by atoms with Gasteiger partial charge in [0, 0.05) is 32.1 Å². The van der Waals surface area contributed by atoms with E-state index in [1.54, 1.807) is 4.90 Å². The van der Waals surface area contributed by atoms with Gasteiger partial charge in [-0.25, -0.2) is 4.79 Å². The summed E-state index contributed by atoms with van der Waals surface area (Å²) in [4.78, 5) is 32.4. The third-order valence-corrected chi connectivity index (χ3v) is 4.34. The molecule has 0 aliphatic carbocycles. The lowest BCUT2D eigenvalue weighted by atomic mass is 9.99. The summed E-state index contributed by atoms with van der Waals surface area (Å²) in [5, 5.41) is 12.3. The number of oxime groups is 1. The summed E-state index contributed by atoms with van der Waals surface area (Å²) >= 11 is 0. The number of aliphatic carboxylic acids is 1. The van der Waals surface area contributed by atoms with Crippen molar-refractivity contribution in [1.82, 2.24) is 9.80 Å². The summed E-state index contributed by atoms with van der Waals surface area (Å²) in [6, 6.07) is 0.447. The molecule has 0 spiro atoms. The Bertz CT molecular complexity index is 451. The topological polar surface area (TPSA) is 82.4 Å². The van der Waals surface area contributed by atoms with Gasteiger partial charge >= 0.3 is 5.97 Å². The predicted octanol–water partition coefficient (Wildman–Crippen LogP) is -0.0874. The number of carboxylic acid groups (broad SMARTS) is 1. The summed E-state index contributed by atoms with van der Waals surface area (Å²) in [7, 11) is 0. The molecule has 0 aromatic carbocycles. The molecule has 2 saturated heterocycles. The molecule has 3 aliphatic rings. The van der Waals surface area contributed by atoms with Gasteiger partial charge in [-0.05, 0) is 19.4 Å². The van der Waals surface area contributed by atoms with E-state index < -0.39 is 12.1 Å². The highest BCUT2D eigenvalue weighted by Crippen LogP contribution is 2.23. The molecule has 2 unspecified atom stereocenters. The van der Waals surface area contributed by atoms with Crippen LogP contribution >= 0.6 is 0 Å². The fraction of sp³-hybridized carbons (Fsp3) is 0.769. The Balaban J connectivity index is 1.57. The van der Waals surface area contributed by atoms with Gasteiger partial charge in [-0.1, -0.05) is 11.6 Å². The van der Waals surface area contributed by atoms with Gasteiger partial charge in [0.15, 0.2) is 5.71 Å². The fourth-order valence-corrected chi connectivity index (χ4v) is 3.20. The lowest BCUT2D eigenvalue weighted by molar-refractivity contribution is -0.145. The molecular weight excluding hydrogens is 262 g/mol. The normalized spacial score (nSPS) is 30.4. The second kappa shape index (κ2) is 5.40. The molecule has 110 valence electrons. The number of piperidine rings is 1. The second-order valence-electron chi connectivity index (χ2n) is 5.61. The summed E-state index contributed by atoms with van der Waals surface area (Å²) in [5.74, 6) is -1.24. The number of hydrogen-bond acceptors (Lipinski definition) is 5. The van der Waals surface area contributed by atoms with Gasteiger partial charge in [-0.3, -0.25) is 9.69 Å². The van der Waals surface area contributed by atoms with Crippen molar-refractivity contribution in [3.63, 3.8) is 0 Å². The van der Waals surface area contributed by atoms with Gasteiger partial charge in [0.25, 0.3) is 5.91 Å². The molecule has 0 aromatic rings. The number of piperazine rings is 1. The van der Waals surface area contributed by atoms with Crippen molar-refractivity contribution in [2.75, 3.05) is 26.2 Å². The van der Waals surface area contributed by atoms with Crippen molar-refractivity contribution in [3.8, 4) is 0 Å². The Labute approximate surface area is 117 Å². The first-order valence-corrected chi connectivity index (χ1v) is 7.14. The Morgan fingerprint density at radius 3 is 2.85 bits per heavy atom. The van der Waals surface area contributed by atoms with Crippen molar-refractivity contribution in [1.29, 1.82) is 0 Å². The van der Waals surface area contributed by atoms with Crippen molar-refractivity contribution >= 4 is 17.6 Å². The first kappa shape index (κ1) is 13.4. The summed E-state index contributed by atoms with van der Waals surface area (Å²) in [6.45, 7) is 3.44. The van der Waals surface area contributed by atoms with Crippen LogP contribution in [0.2, 0.25) is 0 Å². The minimum atomic E-state index is -1.11. The molecule has 7 nitrogen and oxygen atoms in total. The minimum absolute atomic E-state index is 0.0685. The van der Waals surface area contributed by atoms with E-state index in [4.69, 9.17) is 9.94 Å². The van der Waals surface area contributed by atoms with E-state index in [1.165, 1.54) is 12.8 Å². The van der Waals surface area contributed by atoms with Crippen LogP contribution in [0.1, 0.15) is 25.7 Å². The third kappa shape index (κ3) is 2.49. The monoisotopic (exact) mass is 281 g/mol. The number of carbonyl (C=O) groups excluding carboxylic acids is 1. The number of hydrogen-bond donors (Lipinski definition) is 1. The van der Waals surface area contributed by atoms with E-state index in [2.05, 4.69) is 10.1 Å². The highest BCUT2D eigenvalue weighted by atomic mass is 16.6. The molecule has 2 atom stereocenters. The quantitative estimate of drug-likeness (QED) is 0.765. The van der Waals surface area contributed by atoms with Crippen LogP contribution in [0.5, 0.6) is 0 Å². The van der Waals surface area contributed by atoms with E-state index in [0.29, 0.717) is 12.6 Å². The first-order chi connectivity index (χ1) is 9.65. The fourth-order valence-electron chi connectivity index (χ4n) is 3.20. The van der Waals surface area contributed by atoms with Crippen LogP contribution < -0.4 is 0 Å². The zero-order valence-electron chi connectivity index (χ0n) is 11.3. The van der Waals surface area contributed by atoms with E-state index in [9.17, 15) is 9.59 Å². The smallest absolute Gasteiger partial charge is 0.353 e. The maximum absolute atomic E-state index is 12.4. The highest BCUT2D eigenvalue weighted by Gasteiger charge is 2.38. The van der Waals surface area contributed by atoms with Crippen LogP contribution in [0.4, 0.5) is 0 Å². The zero-order valence-corrected chi connectivity index (χ0v) is 11.3. The Kier molecular flexibility index (Phi) is 3.60. The van der Waals surface area contributed by atoms with Crippen molar-refractivity contribution in [2.45, 2.75) is 37.8 Å². The molecular formula is C13H19N3O4. The molecule has 0 saturated carbocycles. The molecule has 3 heterocycles. The zero-order chi connectivity index (χ0) is 14.1. The van der Waals surface area contributed by atoms with Crippen LogP contribution in [0.25, 0.3) is 0 Å². The maximum Gasteiger partial charge on any atom is 0.353 e. The lowest BCUT2D eigenvalue weighted by Gasteiger charge is -2.44. The molecule has 3 rings (SSSR count). The standard InChI is InChI=1S/C13H19N3O4/c17-12(11-7-10(13(18)19)14-20-11)16-6-5-15-4-2-1-3-9(15)8-16/h9,11H,1-8H2,(H,18,19). The summed E-state index contributed by atoms with van der Waals surface area (Å²) < 4.78 is 0. The average molecular weight is 281 g/mol. The lowest BCUT2D eigenvalue weighted by Crippen LogP contribution is -2.57. The number of fused-ring (bicyclic) bond motifs is 1. The number of carboxylic acids is 1. The molecule has 1 N–H and O–H groups in total. The number of nitrogens with zero attached hydrogens (tertiary/aromatic N) is 3. The Morgan fingerprint density at radius 1 is 1.25 bits per heavy atom. The third-order valence-electron chi connectivity index (χ3n) is 4.34. The van der Waals surface area contributed by atoms with Gasteiger partial charge in [-0.2, -0.15) is 0 Å². The largest absolute Gasteiger partial charge is 0.477 e. The van der Waals surface area contributed by atoms with Crippen LogP contribution in [0.3, 0.4) is 0 Å². The Hall–Kier alpha value is -1.63. The second-order valence-corrected chi connectivity index (χ2v) is 5.61. The summed E-state index contributed by atoms with van der Waals surface area (Å²) in [5.41, 5.74) is -0.0698. The van der Waals surface area contributed by atoms with Crippen LogP contribution in [-0.2, 0) is 14.4 Å². The number of amides is 1. The van der Waals surface area contributed by atoms with Gasteiger partial charge in [0.2, 0.25) is 6.10 Å². The van der Waals surface area contributed by atoms with Gasteiger partial charge in [-0.15, -0.1) is 0 Å². The molecule has 0 radical (unpaired) electrons. The van der Waals surface area contributed by atoms with Crippen molar-refractivity contribution in [2.24, 2.45) is 5.16 Å². The van der Waals surface area contributed by atoms with Gasteiger partial charge < -0.3 is 14.8 Å². The average Bonchev–Trinajstić information content (AvgIpc) is 2.96. The molecule has 2 fully saturated rings. The predicted molar refractivity (Wildman–Crippen MR) is 70.4 cm³/mol. The first-order valence-electron chi connectivity index (χ1n) is 7.14. The molecule has 0 bridgehead atoms. The van der Waals surface area contributed by atoms with Gasteiger partial charge in [0.1, 0.15) is 0 Å². The van der Waals surface area contributed by atoms with E-state index in [0.717, 1.165) is 26.1 Å². The number of rotatable bonds is 2. The van der Waals surface area contributed by atoms with Crippen LogP contribution in [0, 0.1) is 0 Å². The number of carbonyl (C=O) groups is 2. The van der Waals surface area contributed by atoms with Crippen LogP contribution in [0.15, 0.2) is 5.16 Å². The maximum atomic E-state index is 12.4. The molecule has 0 aromatic heterocycles. The van der Waals surface area contributed by atoms with E-state index in [-0.39, 0.29) is 18.0 Å². The molecule has 1 amide bonds. The molecule has 20 heavy (non-hydrogen) atoms. The van der Waals surface area contributed by atoms with Crippen LogP contribution in [-0.4, -0.2) is 70.8 Å². The van der Waals surface area contributed by atoms with Gasteiger partial charge in [0.05, 0.1) is 0 Å². The molecule has 7 heteroatoms. The SMILES string of the molecule is O=C(O)C1=NOC(C(=O)N2CCN3CCCCC3C2)C1. The Morgan fingerprint density at radius 2 is 2.10 bits per heavy atom. The van der Waals surface area contributed by atoms with E-state index >= 15 is 0 Å². The van der Waals surface area contributed by atoms with Crippen molar-refractivity contribution < 1.29 is 19.5 Å². The minimum Gasteiger partial charge on any atom is -0.477 e. The molecule has 3 aliphatic heterocycles. The summed E-state index contributed by atoms with van der Waals surface area (Å²) in [6.07, 6.45) is 2.91. The highest BCUT2D eigenvalue weighted by molar-refractivity contribution is 6.36. The van der Waals surface area contributed by atoms with Crippen molar-refractivity contribution in [3.05, 3.63) is 0 Å².